The first-order valence-electron chi connectivity index (χ1n) is 5.63. The predicted octanol–water partition coefficient (Wildman–Crippen LogP) is 4.18. The van der Waals surface area contributed by atoms with Crippen LogP contribution in [0, 0.1) is 5.82 Å². The maximum Gasteiger partial charge on any atom is 0.339 e. The van der Waals surface area contributed by atoms with Crippen LogP contribution in [0.25, 0.3) is 0 Å². The average Bonchev–Trinajstić information content (AvgIpc) is 2.37. The second-order valence-electron chi connectivity index (χ2n) is 4.05. The van der Waals surface area contributed by atoms with Crippen molar-refractivity contribution in [1.29, 1.82) is 0 Å². The number of ether oxygens (including phenoxy) is 1. The van der Waals surface area contributed by atoms with E-state index < -0.39 is 11.8 Å². The molecule has 0 bridgehead atoms. The number of nitrogen functional groups attached to an aromatic ring is 1. The van der Waals surface area contributed by atoms with E-state index >= 15 is 0 Å². The van der Waals surface area contributed by atoms with Crippen LogP contribution in [0.3, 0.4) is 0 Å². The Labute approximate surface area is 128 Å². The van der Waals surface area contributed by atoms with Crippen molar-refractivity contribution in [2.75, 3.05) is 5.73 Å². The first-order chi connectivity index (χ1) is 9.47. The third-order valence-corrected chi connectivity index (χ3v) is 3.39. The summed E-state index contributed by atoms with van der Waals surface area (Å²) < 4.78 is 19.2. The maximum atomic E-state index is 13.6. The zero-order chi connectivity index (χ0) is 14.7. The van der Waals surface area contributed by atoms with Gasteiger partial charge in [-0.1, -0.05) is 33.6 Å². The van der Waals surface area contributed by atoms with Crippen molar-refractivity contribution in [3.63, 3.8) is 0 Å². The molecule has 0 heterocycles. The van der Waals surface area contributed by atoms with Gasteiger partial charge in [0.15, 0.2) is 0 Å². The van der Waals surface area contributed by atoms with Crippen molar-refractivity contribution in [1.82, 2.24) is 0 Å². The Bertz CT molecular complexity index is 664. The molecule has 0 amide bonds. The van der Waals surface area contributed by atoms with Crippen molar-refractivity contribution in [3.8, 4) is 0 Å². The number of rotatable bonds is 3. The second kappa shape index (κ2) is 6.24. The van der Waals surface area contributed by atoms with E-state index in [0.29, 0.717) is 10.2 Å². The molecule has 0 aliphatic carbocycles. The largest absolute Gasteiger partial charge is 0.457 e. The first-order valence-corrected chi connectivity index (χ1v) is 6.80. The monoisotopic (exact) mass is 357 g/mol. The van der Waals surface area contributed by atoms with Crippen LogP contribution in [0.5, 0.6) is 0 Å². The Kier molecular flexibility index (Phi) is 4.62. The number of carbonyl (C=O) groups is 1. The van der Waals surface area contributed by atoms with Gasteiger partial charge in [0.1, 0.15) is 12.4 Å². The van der Waals surface area contributed by atoms with Gasteiger partial charge in [-0.2, -0.15) is 0 Å². The third-order valence-electron chi connectivity index (χ3n) is 2.59. The van der Waals surface area contributed by atoms with Crippen LogP contribution < -0.4 is 5.73 Å². The lowest BCUT2D eigenvalue weighted by molar-refractivity contribution is 0.0469. The smallest absolute Gasteiger partial charge is 0.339 e. The summed E-state index contributed by atoms with van der Waals surface area (Å²) in [5.41, 5.74) is 6.46. The van der Waals surface area contributed by atoms with Crippen molar-refractivity contribution in [3.05, 3.63) is 62.8 Å². The number of carbonyl (C=O) groups excluding carboxylic acids is 1. The number of benzene rings is 2. The number of anilines is 1. The second-order valence-corrected chi connectivity index (χ2v) is 5.37. The van der Waals surface area contributed by atoms with Gasteiger partial charge < -0.3 is 10.5 Å². The molecule has 3 nitrogen and oxygen atoms in total. The summed E-state index contributed by atoms with van der Waals surface area (Å²) in [6.07, 6.45) is 0. The highest BCUT2D eigenvalue weighted by atomic mass is 79.9. The summed E-state index contributed by atoms with van der Waals surface area (Å²) in [4.78, 5) is 11.8. The molecule has 0 saturated heterocycles. The van der Waals surface area contributed by atoms with Crippen LogP contribution in [0.2, 0.25) is 5.02 Å². The summed E-state index contributed by atoms with van der Waals surface area (Å²) in [5.74, 6) is -1.08. The number of hydrogen-bond acceptors (Lipinski definition) is 3. The molecule has 0 radical (unpaired) electrons. The maximum absolute atomic E-state index is 13.6. The molecule has 0 spiro atoms. The van der Waals surface area contributed by atoms with Gasteiger partial charge in [-0.15, -0.1) is 0 Å². The quantitative estimate of drug-likeness (QED) is 0.661. The minimum Gasteiger partial charge on any atom is -0.457 e. The molecule has 0 unspecified atom stereocenters. The Morgan fingerprint density at radius 2 is 2.05 bits per heavy atom. The fraction of sp³-hybridized carbons (Fsp3) is 0.0714. The van der Waals surface area contributed by atoms with Crippen LogP contribution in [-0.4, -0.2) is 5.97 Å². The van der Waals surface area contributed by atoms with E-state index in [-0.39, 0.29) is 22.8 Å². The van der Waals surface area contributed by atoms with Crippen LogP contribution in [0.4, 0.5) is 10.1 Å². The standard InChI is InChI=1S/C14H10BrClFNO2/c15-9-2-1-8(13(17)5-9)7-20-14(19)11-4-3-10(18)6-12(11)16/h1-6H,7,18H2. The Morgan fingerprint density at radius 1 is 1.30 bits per heavy atom. The van der Waals surface area contributed by atoms with E-state index in [1.54, 1.807) is 12.1 Å². The van der Waals surface area contributed by atoms with Gasteiger partial charge in [0.25, 0.3) is 0 Å². The van der Waals surface area contributed by atoms with E-state index in [2.05, 4.69) is 15.9 Å². The Balaban J connectivity index is 2.08. The van der Waals surface area contributed by atoms with E-state index in [1.165, 1.54) is 24.3 Å². The highest BCUT2D eigenvalue weighted by molar-refractivity contribution is 9.10. The predicted molar refractivity (Wildman–Crippen MR) is 79.1 cm³/mol. The van der Waals surface area contributed by atoms with Gasteiger partial charge in [-0.25, -0.2) is 9.18 Å². The average molecular weight is 359 g/mol. The van der Waals surface area contributed by atoms with E-state index in [9.17, 15) is 9.18 Å². The third kappa shape index (κ3) is 3.49. The SMILES string of the molecule is Nc1ccc(C(=O)OCc2ccc(Br)cc2F)c(Cl)c1. The molecule has 2 rings (SSSR count). The molecule has 0 aliphatic rings. The molecule has 20 heavy (non-hydrogen) atoms. The molecule has 2 aromatic rings. The van der Waals surface area contributed by atoms with Crippen LogP contribution >= 0.6 is 27.5 Å². The molecular formula is C14H10BrClFNO2. The van der Waals surface area contributed by atoms with Crippen molar-refractivity contribution < 1.29 is 13.9 Å². The Hall–Kier alpha value is -1.59. The molecule has 2 N–H and O–H groups in total. The minimum atomic E-state index is -0.627. The van der Waals surface area contributed by atoms with Crippen LogP contribution in [-0.2, 0) is 11.3 Å². The van der Waals surface area contributed by atoms with Crippen molar-refractivity contribution in [2.24, 2.45) is 0 Å². The molecular weight excluding hydrogens is 349 g/mol. The lowest BCUT2D eigenvalue weighted by Crippen LogP contribution is -2.07. The molecule has 0 fully saturated rings. The fourth-order valence-electron chi connectivity index (χ4n) is 1.56. The molecule has 0 atom stereocenters. The van der Waals surface area contributed by atoms with E-state index in [0.717, 1.165) is 0 Å². The van der Waals surface area contributed by atoms with Gasteiger partial charge in [0.05, 0.1) is 10.6 Å². The fourth-order valence-corrected chi connectivity index (χ4v) is 2.16. The van der Waals surface area contributed by atoms with Gasteiger partial charge in [0, 0.05) is 15.7 Å². The Morgan fingerprint density at radius 3 is 2.70 bits per heavy atom. The molecule has 0 aliphatic heterocycles. The van der Waals surface area contributed by atoms with E-state index in [1.807, 2.05) is 0 Å². The van der Waals surface area contributed by atoms with Gasteiger partial charge in [-0.3, -0.25) is 0 Å². The summed E-state index contributed by atoms with van der Waals surface area (Å²) >= 11 is 9.05. The minimum absolute atomic E-state index is 0.168. The highest BCUT2D eigenvalue weighted by Gasteiger charge is 2.13. The summed E-state index contributed by atoms with van der Waals surface area (Å²) in [7, 11) is 0. The molecule has 2 aromatic carbocycles. The van der Waals surface area contributed by atoms with Crippen LogP contribution in [0.15, 0.2) is 40.9 Å². The topological polar surface area (TPSA) is 52.3 Å². The number of halogens is 3. The van der Waals surface area contributed by atoms with Crippen LogP contribution in [0.1, 0.15) is 15.9 Å². The lowest BCUT2D eigenvalue weighted by Gasteiger charge is -2.08. The van der Waals surface area contributed by atoms with Gasteiger partial charge in [0.2, 0.25) is 0 Å². The zero-order valence-corrected chi connectivity index (χ0v) is 12.5. The summed E-state index contributed by atoms with van der Waals surface area (Å²) in [6, 6.07) is 8.98. The number of esters is 1. The summed E-state index contributed by atoms with van der Waals surface area (Å²) in [5, 5.41) is 0.200. The number of nitrogens with two attached hydrogens (primary N) is 1. The van der Waals surface area contributed by atoms with Gasteiger partial charge >= 0.3 is 5.97 Å². The van der Waals surface area contributed by atoms with Crippen molar-refractivity contribution in [2.45, 2.75) is 6.61 Å². The molecule has 0 aromatic heterocycles. The molecule has 104 valence electrons. The first kappa shape index (κ1) is 14.8. The normalized spacial score (nSPS) is 10.3. The van der Waals surface area contributed by atoms with E-state index in [4.69, 9.17) is 22.1 Å². The summed E-state index contributed by atoms with van der Waals surface area (Å²) in [6.45, 7) is -0.168. The number of hydrogen-bond donors (Lipinski definition) is 1. The van der Waals surface area contributed by atoms with Crippen molar-refractivity contribution >= 4 is 39.2 Å². The highest BCUT2D eigenvalue weighted by Crippen LogP contribution is 2.21. The molecule has 0 saturated carbocycles. The molecule has 6 heteroatoms. The van der Waals surface area contributed by atoms with Gasteiger partial charge in [-0.05, 0) is 30.3 Å². The zero-order valence-electron chi connectivity index (χ0n) is 10.2. The lowest BCUT2D eigenvalue weighted by atomic mass is 10.2.